The summed E-state index contributed by atoms with van der Waals surface area (Å²) >= 11 is 6.14. The van der Waals surface area contributed by atoms with Gasteiger partial charge in [-0.25, -0.2) is 5.43 Å². The summed E-state index contributed by atoms with van der Waals surface area (Å²) in [5, 5.41) is 0.736. The van der Waals surface area contributed by atoms with Crippen LogP contribution in [-0.4, -0.2) is 4.98 Å². The second-order valence-corrected chi connectivity index (χ2v) is 4.77. The minimum atomic E-state index is -0.150. The number of rotatable bonds is 3. The van der Waals surface area contributed by atoms with E-state index in [0.717, 1.165) is 27.4 Å². The number of hydrogen-bond donors (Lipinski definition) is 2. The quantitative estimate of drug-likeness (QED) is 0.660. The van der Waals surface area contributed by atoms with E-state index in [4.69, 9.17) is 17.4 Å². The first kappa shape index (κ1) is 13.0. The molecule has 1 aromatic carbocycles. The summed E-state index contributed by atoms with van der Waals surface area (Å²) in [6, 6.07) is 9.74. The van der Waals surface area contributed by atoms with Crippen molar-refractivity contribution in [3.05, 3.63) is 63.9 Å². The van der Waals surface area contributed by atoms with Gasteiger partial charge in [0.15, 0.2) is 0 Å². The molecule has 0 saturated carbocycles. The lowest BCUT2D eigenvalue weighted by atomic mass is 10.0. The van der Waals surface area contributed by atoms with Crippen molar-refractivity contribution < 1.29 is 0 Å². The highest BCUT2D eigenvalue weighted by atomic mass is 35.5. The van der Waals surface area contributed by atoms with Gasteiger partial charge in [0, 0.05) is 11.2 Å². The molecule has 0 aliphatic rings. The molecule has 94 valence electrons. The van der Waals surface area contributed by atoms with Crippen LogP contribution < -0.4 is 11.3 Å². The van der Waals surface area contributed by atoms with E-state index in [-0.39, 0.29) is 6.04 Å². The Hall–Kier alpha value is -1.42. The zero-order valence-corrected chi connectivity index (χ0v) is 11.2. The minimum Gasteiger partial charge on any atom is -0.271 e. The molecule has 0 spiro atoms. The van der Waals surface area contributed by atoms with E-state index < -0.39 is 0 Å². The van der Waals surface area contributed by atoms with Gasteiger partial charge in [-0.3, -0.25) is 10.8 Å². The van der Waals surface area contributed by atoms with Gasteiger partial charge in [-0.05, 0) is 48.7 Å². The van der Waals surface area contributed by atoms with Gasteiger partial charge in [0.1, 0.15) is 0 Å². The summed E-state index contributed by atoms with van der Waals surface area (Å²) in [6.45, 7) is 4.00. The lowest BCUT2D eigenvalue weighted by Gasteiger charge is -2.17. The second kappa shape index (κ2) is 5.48. The zero-order valence-electron chi connectivity index (χ0n) is 10.4. The van der Waals surface area contributed by atoms with E-state index in [0.29, 0.717) is 0 Å². The van der Waals surface area contributed by atoms with Gasteiger partial charge in [-0.15, -0.1) is 0 Å². The molecule has 0 aliphatic heterocycles. The second-order valence-electron chi connectivity index (χ2n) is 4.37. The van der Waals surface area contributed by atoms with Crippen LogP contribution in [0.5, 0.6) is 0 Å². The molecule has 2 aromatic rings. The van der Waals surface area contributed by atoms with Crippen molar-refractivity contribution in [1.29, 1.82) is 0 Å². The Kier molecular flexibility index (Phi) is 3.97. The largest absolute Gasteiger partial charge is 0.271 e. The number of benzene rings is 1. The molecule has 1 atom stereocenters. The van der Waals surface area contributed by atoms with Crippen LogP contribution >= 0.6 is 11.6 Å². The predicted molar refractivity (Wildman–Crippen MR) is 74.3 cm³/mol. The first-order valence-corrected chi connectivity index (χ1v) is 6.14. The number of hydrogen-bond acceptors (Lipinski definition) is 3. The average Bonchev–Trinajstić information content (AvgIpc) is 2.35. The summed E-state index contributed by atoms with van der Waals surface area (Å²) in [4.78, 5) is 4.35. The van der Waals surface area contributed by atoms with Gasteiger partial charge in [0.05, 0.1) is 11.7 Å². The molecule has 0 amide bonds. The summed E-state index contributed by atoms with van der Waals surface area (Å²) in [6.07, 6.45) is 1.78. The molecule has 1 heterocycles. The van der Waals surface area contributed by atoms with E-state index in [1.807, 2.05) is 44.2 Å². The van der Waals surface area contributed by atoms with Crippen LogP contribution in [0.3, 0.4) is 0 Å². The monoisotopic (exact) mass is 261 g/mol. The maximum Gasteiger partial charge on any atom is 0.0882 e. The number of hydrazine groups is 1. The van der Waals surface area contributed by atoms with E-state index in [2.05, 4.69) is 10.4 Å². The van der Waals surface area contributed by atoms with Crippen LogP contribution in [0.1, 0.15) is 28.4 Å². The topological polar surface area (TPSA) is 50.9 Å². The number of halogens is 1. The fraction of sp³-hybridized carbons (Fsp3) is 0.214. The first-order chi connectivity index (χ1) is 8.61. The summed E-state index contributed by atoms with van der Waals surface area (Å²) in [5.41, 5.74) is 6.88. The average molecular weight is 262 g/mol. The summed E-state index contributed by atoms with van der Waals surface area (Å²) in [7, 11) is 0. The Labute approximate surface area is 112 Å². The Balaban J connectivity index is 2.42. The number of aromatic nitrogens is 1. The molecule has 0 radical (unpaired) electrons. The van der Waals surface area contributed by atoms with Gasteiger partial charge in [-0.1, -0.05) is 23.7 Å². The first-order valence-electron chi connectivity index (χ1n) is 5.76. The van der Waals surface area contributed by atoms with Crippen LogP contribution in [0.4, 0.5) is 0 Å². The van der Waals surface area contributed by atoms with Crippen molar-refractivity contribution >= 4 is 11.6 Å². The lowest BCUT2D eigenvalue weighted by Crippen LogP contribution is -2.29. The van der Waals surface area contributed by atoms with Crippen molar-refractivity contribution in [2.24, 2.45) is 5.84 Å². The van der Waals surface area contributed by atoms with Gasteiger partial charge in [-0.2, -0.15) is 0 Å². The molecule has 0 fully saturated rings. The molecule has 3 N–H and O–H groups in total. The van der Waals surface area contributed by atoms with Gasteiger partial charge < -0.3 is 0 Å². The molecule has 2 rings (SSSR count). The highest BCUT2D eigenvalue weighted by molar-refractivity contribution is 6.31. The van der Waals surface area contributed by atoms with Crippen LogP contribution in [0.15, 0.2) is 36.5 Å². The fourth-order valence-corrected chi connectivity index (χ4v) is 2.05. The minimum absolute atomic E-state index is 0.150. The van der Waals surface area contributed by atoms with Crippen LogP contribution in [0, 0.1) is 13.8 Å². The summed E-state index contributed by atoms with van der Waals surface area (Å²) < 4.78 is 0. The molecule has 1 aromatic heterocycles. The van der Waals surface area contributed by atoms with Gasteiger partial charge >= 0.3 is 0 Å². The Morgan fingerprint density at radius 3 is 2.61 bits per heavy atom. The van der Waals surface area contributed by atoms with Crippen LogP contribution in [0.2, 0.25) is 5.02 Å². The van der Waals surface area contributed by atoms with Crippen molar-refractivity contribution in [2.75, 3.05) is 0 Å². The smallest absolute Gasteiger partial charge is 0.0882 e. The highest BCUT2D eigenvalue weighted by Crippen LogP contribution is 2.25. The highest BCUT2D eigenvalue weighted by Gasteiger charge is 2.14. The number of nitrogens with one attached hydrogen (secondary N) is 1. The van der Waals surface area contributed by atoms with Gasteiger partial charge in [0.25, 0.3) is 0 Å². The Morgan fingerprint density at radius 2 is 2.00 bits per heavy atom. The maximum absolute atomic E-state index is 6.14. The zero-order chi connectivity index (χ0) is 13.1. The third-order valence-electron chi connectivity index (χ3n) is 2.93. The standard InChI is InChI=1S/C14H16ClN3/c1-9-5-6-17-13(7-9)14(18-16)11-4-3-10(2)12(15)8-11/h3-8,14,18H,16H2,1-2H3. The van der Waals surface area contributed by atoms with E-state index in [1.165, 1.54) is 0 Å². The Morgan fingerprint density at radius 1 is 1.22 bits per heavy atom. The van der Waals surface area contributed by atoms with Gasteiger partial charge in [0.2, 0.25) is 0 Å². The molecule has 0 saturated heterocycles. The third-order valence-corrected chi connectivity index (χ3v) is 3.34. The number of aryl methyl sites for hydroxylation is 2. The van der Waals surface area contributed by atoms with Crippen molar-refractivity contribution in [3.8, 4) is 0 Å². The Bertz CT molecular complexity index is 554. The number of nitrogens with two attached hydrogens (primary N) is 1. The summed E-state index contributed by atoms with van der Waals surface area (Å²) in [5.74, 6) is 5.64. The van der Waals surface area contributed by atoms with Crippen molar-refractivity contribution in [3.63, 3.8) is 0 Å². The van der Waals surface area contributed by atoms with E-state index >= 15 is 0 Å². The molecule has 3 nitrogen and oxygen atoms in total. The fourth-order valence-electron chi connectivity index (χ4n) is 1.86. The molecular formula is C14H16ClN3. The number of nitrogens with zero attached hydrogens (tertiary/aromatic N) is 1. The SMILES string of the molecule is Cc1ccnc(C(NN)c2ccc(C)c(Cl)c2)c1. The molecular weight excluding hydrogens is 246 g/mol. The van der Waals surface area contributed by atoms with E-state index in [1.54, 1.807) is 6.20 Å². The van der Waals surface area contributed by atoms with E-state index in [9.17, 15) is 0 Å². The molecule has 0 bridgehead atoms. The third kappa shape index (κ3) is 2.70. The number of pyridine rings is 1. The van der Waals surface area contributed by atoms with Crippen LogP contribution in [0.25, 0.3) is 0 Å². The molecule has 4 heteroatoms. The van der Waals surface area contributed by atoms with Crippen molar-refractivity contribution in [1.82, 2.24) is 10.4 Å². The molecule has 0 aliphatic carbocycles. The molecule has 1 unspecified atom stereocenters. The predicted octanol–water partition coefficient (Wildman–Crippen LogP) is 2.90. The van der Waals surface area contributed by atoms with Crippen LogP contribution in [-0.2, 0) is 0 Å². The lowest BCUT2D eigenvalue weighted by molar-refractivity contribution is 0.620. The normalized spacial score (nSPS) is 12.4. The van der Waals surface area contributed by atoms with Crippen molar-refractivity contribution in [2.45, 2.75) is 19.9 Å². The molecule has 18 heavy (non-hydrogen) atoms. The maximum atomic E-state index is 6.14.